The molecule has 0 aromatic heterocycles. The number of fused-ring (bicyclic) bond motifs is 1. The maximum absolute atomic E-state index is 12.8. The third-order valence-electron chi connectivity index (χ3n) is 4.62. The maximum Gasteiger partial charge on any atom is 0.257 e. The quantitative estimate of drug-likeness (QED) is 0.847. The van der Waals surface area contributed by atoms with Crippen molar-refractivity contribution in [3.63, 3.8) is 0 Å². The number of hydrogen-bond donors (Lipinski definition) is 0. The molecule has 0 bridgehead atoms. The Kier molecular flexibility index (Phi) is 3.89. The van der Waals surface area contributed by atoms with Crippen LogP contribution in [0.3, 0.4) is 0 Å². The van der Waals surface area contributed by atoms with E-state index in [0.29, 0.717) is 36.4 Å². The van der Waals surface area contributed by atoms with Gasteiger partial charge in [-0.1, -0.05) is 6.07 Å². The zero-order valence-electron chi connectivity index (χ0n) is 13.2. The molecule has 23 heavy (non-hydrogen) atoms. The third kappa shape index (κ3) is 2.68. The number of benzene rings is 1. The van der Waals surface area contributed by atoms with Crippen LogP contribution in [0, 0.1) is 0 Å². The first-order chi connectivity index (χ1) is 11.2. The van der Waals surface area contributed by atoms with Gasteiger partial charge in [0.25, 0.3) is 5.91 Å². The van der Waals surface area contributed by atoms with Crippen molar-refractivity contribution in [3.8, 4) is 11.5 Å². The smallest absolute Gasteiger partial charge is 0.257 e. The fourth-order valence-corrected chi connectivity index (χ4v) is 5.12. The molecule has 124 valence electrons. The molecule has 3 aliphatic heterocycles. The Morgan fingerprint density at radius 3 is 3.04 bits per heavy atom. The van der Waals surface area contributed by atoms with E-state index in [1.807, 2.05) is 41.8 Å². The number of carbonyl (C=O) groups is 1. The van der Waals surface area contributed by atoms with Crippen LogP contribution in [0.4, 0.5) is 0 Å². The van der Waals surface area contributed by atoms with Crippen molar-refractivity contribution in [2.45, 2.75) is 24.2 Å². The SMILES string of the molecule is CCOC1CSC2(C1)CN(C(=O)c1cccc3c1OCCO3)C2. The lowest BCUT2D eigenvalue weighted by Gasteiger charge is -2.47. The molecule has 5 nitrogen and oxygen atoms in total. The van der Waals surface area contributed by atoms with Gasteiger partial charge in [0.2, 0.25) is 0 Å². The maximum atomic E-state index is 12.8. The van der Waals surface area contributed by atoms with Crippen LogP contribution < -0.4 is 9.47 Å². The molecule has 1 aromatic rings. The van der Waals surface area contributed by atoms with Gasteiger partial charge in [0.1, 0.15) is 13.2 Å². The number of ether oxygens (including phenoxy) is 3. The van der Waals surface area contributed by atoms with Crippen LogP contribution in [0.5, 0.6) is 11.5 Å². The molecular formula is C17H21NO4S. The minimum absolute atomic E-state index is 0.0402. The number of amides is 1. The highest BCUT2D eigenvalue weighted by Gasteiger charge is 2.51. The van der Waals surface area contributed by atoms with Gasteiger partial charge in [0, 0.05) is 25.4 Å². The third-order valence-corrected chi connectivity index (χ3v) is 6.20. The molecule has 1 spiro atoms. The number of likely N-dealkylation sites (tertiary alicyclic amines) is 1. The summed E-state index contributed by atoms with van der Waals surface area (Å²) in [7, 11) is 0. The molecule has 0 N–H and O–H groups in total. The molecule has 1 amide bonds. The molecule has 2 fully saturated rings. The summed E-state index contributed by atoms with van der Waals surface area (Å²) in [4.78, 5) is 14.7. The number of para-hydroxylation sites is 1. The van der Waals surface area contributed by atoms with Gasteiger partial charge in [-0.15, -0.1) is 11.8 Å². The number of rotatable bonds is 3. The fourth-order valence-electron chi connectivity index (χ4n) is 3.57. The lowest BCUT2D eigenvalue weighted by atomic mass is 9.92. The highest BCUT2D eigenvalue weighted by atomic mass is 32.2. The minimum Gasteiger partial charge on any atom is -0.486 e. The average Bonchev–Trinajstić information content (AvgIpc) is 2.97. The monoisotopic (exact) mass is 335 g/mol. The van der Waals surface area contributed by atoms with Gasteiger partial charge < -0.3 is 19.1 Å². The number of carbonyl (C=O) groups excluding carboxylic acids is 1. The predicted octanol–water partition coefficient (Wildman–Crippen LogP) is 2.19. The Bertz CT molecular complexity index is 615. The van der Waals surface area contributed by atoms with Gasteiger partial charge in [-0.25, -0.2) is 0 Å². The summed E-state index contributed by atoms with van der Waals surface area (Å²) in [5.74, 6) is 2.34. The Hall–Kier alpha value is -1.40. The Labute approximate surface area is 140 Å². The van der Waals surface area contributed by atoms with E-state index in [-0.39, 0.29) is 10.7 Å². The van der Waals surface area contributed by atoms with Crippen molar-refractivity contribution in [3.05, 3.63) is 23.8 Å². The van der Waals surface area contributed by atoms with Crippen molar-refractivity contribution in [1.29, 1.82) is 0 Å². The molecule has 1 unspecified atom stereocenters. The van der Waals surface area contributed by atoms with Gasteiger partial charge in [-0.3, -0.25) is 4.79 Å². The van der Waals surface area contributed by atoms with E-state index in [9.17, 15) is 4.79 Å². The molecule has 0 aliphatic carbocycles. The minimum atomic E-state index is 0.0402. The molecule has 2 saturated heterocycles. The van der Waals surface area contributed by atoms with Crippen LogP contribution in [-0.2, 0) is 4.74 Å². The molecule has 1 atom stereocenters. The fraction of sp³-hybridized carbons (Fsp3) is 0.588. The molecule has 0 radical (unpaired) electrons. The van der Waals surface area contributed by atoms with Crippen molar-refractivity contribution in [2.24, 2.45) is 0 Å². The summed E-state index contributed by atoms with van der Waals surface area (Å²) < 4.78 is 17.2. The summed E-state index contributed by atoms with van der Waals surface area (Å²) in [5, 5.41) is 0. The molecule has 3 heterocycles. The molecule has 4 rings (SSSR count). The molecule has 0 saturated carbocycles. The first-order valence-corrected chi connectivity index (χ1v) is 9.13. The average molecular weight is 335 g/mol. The van der Waals surface area contributed by atoms with E-state index in [4.69, 9.17) is 14.2 Å². The van der Waals surface area contributed by atoms with Crippen molar-refractivity contribution in [1.82, 2.24) is 4.90 Å². The molecule has 1 aromatic carbocycles. The van der Waals surface area contributed by atoms with Crippen LogP contribution in [0.2, 0.25) is 0 Å². The second-order valence-corrected chi connectivity index (χ2v) is 7.75. The van der Waals surface area contributed by atoms with E-state index in [1.54, 1.807) is 0 Å². The van der Waals surface area contributed by atoms with Crippen LogP contribution in [-0.4, -0.2) is 60.3 Å². The van der Waals surface area contributed by atoms with Gasteiger partial charge in [0.05, 0.1) is 16.4 Å². The second-order valence-electron chi connectivity index (χ2n) is 6.27. The lowest BCUT2D eigenvalue weighted by molar-refractivity contribution is 0.0354. The largest absolute Gasteiger partial charge is 0.486 e. The van der Waals surface area contributed by atoms with Crippen molar-refractivity contribution in [2.75, 3.05) is 38.7 Å². The standard InChI is InChI=1S/C17H21NO4S/c1-2-20-12-8-17(23-9-12)10-18(11-17)16(19)13-4-3-5-14-15(13)22-7-6-21-14/h3-5,12H,2,6-11H2,1H3. The van der Waals surface area contributed by atoms with Crippen molar-refractivity contribution < 1.29 is 19.0 Å². The van der Waals surface area contributed by atoms with E-state index >= 15 is 0 Å². The van der Waals surface area contributed by atoms with E-state index < -0.39 is 0 Å². The Balaban J connectivity index is 1.44. The van der Waals surface area contributed by atoms with Crippen LogP contribution in [0.15, 0.2) is 18.2 Å². The summed E-state index contributed by atoms with van der Waals surface area (Å²) in [6, 6.07) is 5.53. The summed E-state index contributed by atoms with van der Waals surface area (Å²) >= 11 is 1.95. The first-order valence-electron chi connectivity index (χ1n) is 8.14. The zero-order chi connectivity index (χ0) is 15.9. The van der Waals surface area contributed by atoms with E-state index in [0.717, 1.165) is 31.9 Å². The summed E-state index contributed by atoms with van der Waals surface area (Å²) in [6.07, 6.45) is 1.38. The highest BCUT2D eigenvalue weighted by Crippen LogP contribution is 2.47. The molecular weight excluding hydrogens is 314 g/mol. The number of thioether (sulfide) groups is 1. The Morgan fingerprint density at radius 1 is 1.39 bits per heavy atom. The molecule has 3 aliphatic rings. The lowest BCUT2D eigenvalue weighted by Crippen LogP contribution is -2.60. The van der Waals surface area contributed by atoms with Gasteiger partial charge in [0.15, 0.2) is 11.5 Å². The van der Waals surface area contributed by atoms with Crippen LogP contribution >= 0.6 is 11.8 Å². The van der Waals surface area contributed by atoms with Crippen LogP contribution in [0.25, 0.3) is 0 Å². The topological polar surface area (TPSA) is 48.0 Å². The summed E-state index contributed by atoms with van der Waals surface area (Å²) in [5.41, 5.74) is 0.612. The predicted molar refractivity (Wildman–Crippen MR) is 88.6 cm³/mol. The van der Waals surface area contributed by atoms with Crippen molar-refractivity contribution >= 4 is 17.7 Å². The van der Waals surface area contributed by atoms with Gasteiger partial charge in [-0.05, 0) is 25.5 Å². The Morgan fingerprint density at radius 2 is 2.22 bits per heavy atom. The van der Waals surface area contributed by atoms with Gasteiger partial charge in [-0.2, -0.15) is 0 Å². The summed E-state index contributed by atoms with van der Waals surface area (Å²) in [6.45, 7) is 5.42. The number of hydrogen-bond acceptors (Lipinski definition) is 5. The zero-order valence-corrected chi connectivity index (χ0v) is 14.1. The second kappa shape index (κ2) is 5.91. The van der Waals surface area contributed by atoms with E-state index in [1.165, 1.54) is 0 Å². The highest BCUT2D eigenvalue weighted by molar-refractivity contribution is 8.01. The normalized spacial score (nSPS) is 24.6. The van der Waals surface area contributed by atoms with Crippen LogP contribution in [0.1, 0.15) is 23.7 Å². The van der Waals surface area contributed by atoms with Gasteiger partial charge >= 0.3 is 0 Å². The first kappa shape index (κ1) is 15.1. The van der Waals surface area contributed by atoms with E-state index in [2.05, 4.69) is 0 Å². The number of nitrogens with zero attached hydrogens (tertiary/aromatic N) is 1. The molecule has 6 heteroatoms.